The van der Waals surface area contributed by atoms with Gasteiger partial charge in [0.1, 0.15) is 0 Å². The van der Waals surface area contributed by atoms with E-state index in [1.165, 1.54) is 0 Å². The maximum atomic E-state index is 12.0. The van der Waals surface area contributed by atoms with Crippen LogP contribution >= 0.6 is 0 Å². The first-order chi connectivity index (χ1) is 8.58. The number of nitrogens with one attached hydrogen (secondary N) is 1. The van der Waals surface area contributed by atoms with Crippen molar-refractivity contribution in [2.24, 2.45) is 0 Å². The summed E-state index contributed by atoms with van der Waals surface area (Å²) in [7, 11) is 0. The van der Waals surface area contributed by atoms with Gasteiger partial charge in [0, 0.05) is 29.7 Å². The van der Waals surface area contributed by atoms with Crippen molar-refractivity contribution in [1.29, 1.82) is 0 Å². The van der Waals surface area contributed by atoms with Crippen LogP contribution in [-0.4, -0.2) is 15.7 Å². The fraction of sp³-hybridized carbons (Fsp3) is 0.167. The lowest BCUT2D eigenvalue weighted by molar-refractivity contribution is 0.102. The topological polar surface area (TPSA) is 99.0 Å². The molecule has 0 fully saturated rings. The van der Waals surface area contributed by atoms with Crippen molar-refractivity contribution in [2.45, 2.75) is 13.5 Å². The molecule has 0 aliphatic carbocycles. The molecular weight excluding hydrogens is 230 g/mol. The Bertz CT molecular complexity index is 555. The van der Waals surface area contributed by atoms with Gasteiger partial charge in [-0.3, -0.25) is 9.48 Å². The summed E-state index contributed by atoms with van der Waals surface area (Å²) in [5.74, 6) is -0.260. The molecule has 18 heavy (non-hydrogen) atoms. The highest BCUT2D eigenvalue weighted by Gasteiger charge is 2.08. The molecule has 0 radical (unpaired) electrons. The van der Waals surface area contributed by atoms with Crippen molar-refractivity contribution in [3.8, 4) is 0 Å². The van der Waals surface area contributed by atoms with Crippen molar-refractivity contribution in [1.82, 2.24) is 9.78 Å². The summed E-state index contributed by atoms with van der Waals surface area (Å²) in [5, 5.41) is 6.80. The molecular formula is C12H15N5O. The molecule has 0 unspecified atom stereocenters. The van der Waals surface area contributed by atoms with E-state index in [2.05, 4.69) is 10.4 Å². The SMILES string of the molecule is CCn1cc(NC(=O)c2cc(N)cc(N)c2)cn1. The minimum atomic E-state index is -0.260. The highest BCUT2D eigenvalue weighted by molar-refractivity contribution is 6.05. The van der Waals surface area contributed by atoms with Crippen LogP contribution in [0.4, 0.5) is 17.1 Å². The summed E-state index contributed by atoms with van der Waals surface area (Å²) in [6.45, 7) is 2.72. The summed E-state index contributed by atoms with van der Waals surface area (Å²) in [6, 6.07) is 4.76. The van der Waals surface area contributed by atoms with Crippen molar-refractivity contribution >= 4 is 23.0 Å². The number of aromatic nitrogens is 2. The number of carbonyl (C=O) groups is 1. The summed E-state index contributed by atoms with van der Waals surface area (Å²) < 4.78 is 1.73. The molecule has 6 heteroatoms. The normalized spacial score (nSPS) is 10.3. The van der Waals surface area contributed by atoms with Gasteiger partial charge in [-0.15, -0.1) is 0 Å². The van der Waals surface area contributed by atoms with Gasteiger partial charge in [-0.2, -0.15) is 5.10 Å². The standard InChI is InChI=1S/C12H15N5O/c1-2-17-7-11(6-15-17)16-12(18)8-3-9(13)5-10(14)4-8/h3-7H,2,13-14H2,1H3,(H,16,18). The highest BCUT2D eigenvalue weighted by atomic mass is 16.1. The van der Waals surface area contributed by atoms with Gasteiger partial charge in [-0.25, -0.2) is 0 Å². The summed E-state index contributed by atoms with van der Waals surface area (Å²) in [5.41, 5.74) is 13.3. The Labute approximate surface area is 105 Å². The maximum absolute atomic E-state index is 12.0. The molecule has 0 aliphatic heterocycles. The van der Waals surface area contributed by atoms with E-state index in [0.717, 1.165) is 6.54 Å². The zero-order valence-electron chi connectivity index (χ0n) is 10.1. The largest absolute Gasteiger partial charge is 0.399 e. The smallest absolute Gasteiger partial charge is 0.255 e. The second-order valence-corrected chi connectivity index (χ2v) is 3.93. The fourth-order valence-electron chi connectivity index (χ4n) is 1.61. The number of hydrogen-bond donors (Lipinski definition) is 3. The fourth-order valence-corrected chi connectivity index (χ4v) is 1.61. The van der Waals surface area contributed by atoms with Gasteiger partial charge in [-0.1, -0.05) is 0 Å². The zero-order valence-corrected chi connectivity index (χ0v) is 10.1. The van der Waals surface area contributed by atoms with E-state index in [0.29, 0.717) is 22.6 Å². The second kappa shape index (κ2) is 4.79. The van der Waals surface area contributed by atoms with Crippen molar-refractivity contribution in [3.63, 3.8) is 0 Å². The van der Waals surface area contributed by atoms with Crippen LogP contribution in [0.2, 0.25) is 0 Å². The van der Waals surface area contributed by atoms with E-state index in [1.54, 1.807) is 35.3 Å². The molecule has 94 valence electrons. The first-order valence-electron chi connectivity index (χ1n) is 5.58. The van der Waals surface area contributed by atoms with E-state index < -0.39 is 0 Å². The molecule has 1 aromatic carbocycles. The van der Waals surface area contributed by atoms with Gasteiger partial charge >= 0.3 is 0 Å². The molecule has 1 amide bonds. The van der Waals surface area contributed by atoms with E-state index in [4.69, 9.17) is 11.5 Å². The maximum Gasteiger partial charge on any atom is 0.255 e. The minimum absolute atomic E-state index is 0.260. The van der Waals surface area contributed by atoms with Gasteiger partial charge < -0.3 is 16.8 Å². The van der Waals surface area contributed by atoms with Gasteiger partial charge in [-0.05, 0) is 25.1 Å². The molecule has 6 nitrogen and oxygen atoms in total. The highest BCUT2D eigenvalue weighted by Crippen LogP contribution is 2.15. The third-order valence-corrected chi connectivity index (χ3v) is 2.45. The lowest BCUT2D eigenvalue weighted by Crippen LogP contribution is -2.12. The molecule has 2 rings (SSSR count). The van der Waals surface area contributed by atoms with Crippen molar-refractivity contribution in [2.75, 3.05) is 16.8 Å². The zero-order chi connectivity index (χ0) is 13.1. The average molecular weight is 245 g/mol. The molecule has 0 atom stereocenters. The Kier molecular flexibility index (Phi) is 3.18. The predicted molar refractivity (Wildman–Crippen MR) is 71.1 cm³/mol. The molecule has 0 saturated heterocycles. The summed E-state index contributed by atoms with van der Waals surface area (Å²) in [6.07, 6.45) is 3.35. The number of aryl methyl sites for hydroxylation is 1. The molecule has 0 spiro atoms. The van der Waals surface area contributed by atoms with Crippen LogP contribution in [-0.2, 0) is 6.54 Å². The first-order valence-corrected chi connectivity index (χ1v) is 5.58. The summed E-state index contributed by atoms with van der Waals surface area (Å²) >= 11 is 0. The van der Waals surface area contributed by atoms with E-state index >= 15 is 0 Å². The van der Waals surface area contributed by atoms with Crippen LogP contribution in [0.5, 0.6) is 0 Å². The number of anilines is 3. The monoisotopic (exact) mass is 245 g/mol. The molecule has 0 aliphatic rings. The minimum Gasteiger partial charge on any atom is -0.399 e. The van der Waals surface area contributed by atoms with Crippen LogP contribution in [0.1, 0.15) is 17.3 Å². The number of nitrogens with zero attached hydrogens (tertiary/aromatic N) is 2. The lowest BCUT2D eigenvalue weighted by Gasteiger charge is -2.05. The van der Waals surface area contributed by atoms with Crippen LogP contribution < -0.4 is 16.8 Å². The first kappa shape index (κ1) is 12.0. The molecule has 1 heterocycles. The van der Waals surface area contributed by atoms with Crippen LogP contribution in [0.25, 0.3) is 0 Å². The van der Waals surface area contributed by atoms with Crippen molar-refractivity contribution < 1.29 is 4.79 Å². The molecule has 1 aromatic heterocycles. The Morgan fingerprint density at radius 1 is 1.33 bits per heavy atom. The predicted octanol–water partition coefficient (Wildman–Crippen LogP) is 1.32. The third kappa shape index (κ3) is 2.60. The van der Waals surface area contributed by atoms with Crippen molar-refractivity contribution in [3.05, 3.63) is 36.2 Å². The molecule has 5 N–H and O–H groups in total. The van der Waals surface area contributed by atoms with Gasteiger partial charge in [0.2, 0.25) is 0 Å². The van der Waals surface area contributed by atoms with Gasteiger partial charge in [0.05, 0.1) is 11.9 Å². The van der Waals surface area contributed by atoms with Crippen LogP contribution in [0.15, 0.2) is 30.6 Å². The number of benzene rings is 1. The Morgan fingerprint density at radius 2 is 2.00 bits per heavy atom. The molecule has 0 bridgehead atoms. The van der Waals surface area contributed by atoms with E-state index in [1.807, 2.05) is 6.92 Å². The second-order valence-electron chi connectivity index (χ2n) is 3.93. The number of nitrogens with two attached hydrogens (primary N) is 2. The number of nitrogen functional groups attached to an aromatic ring is 2. The third-order valence-electron chi connectivity index (χ3n) is 2.45. The van der Waals surface area contributed by atoms with Gasteiger partial charge in [0.25, 0.3) is 5.91 Å². The molecule has 0 saturated carbocycles. The van der Waals surface area contributed by atoms with E-state index in [-0.39, 0.29) is 5.91 Å². The summed E-state index contributed by atoms with van der Waals surface area (Å²) in [4.78, 5) is 12.0. The number of carbonyl (C=O) groups excluding carboxylic acids is 1. The quantitative estimate of drug-likeness (QED) is 0.710. The lowest BCUT2D eigenvalue weighted by atomic mass is 10.1. The van der Waals surface area contributed by atoms with Gasteiger partial charge in [0.15, 0.2) is 0 Å². The Balaban J connectivity index is 2.16. The van der Waals surface area contributed by atoms with Crippen LogP contribution in [0.3, 0.4) is 0 Å². The van der Waals surface area contributed by atoms with E-state index in [9.17, 15) is 4.79 Å². The number of hydrogen-bond acceptors (Lipinski definition) is 4. The average Bonchev–Trinajstić information content (AvgIpc) is 2.75. The number of amides is 1. The number of rotatable bonds is 3. The van der Waals surface area contributed by atoms with Crippen LogP contribution in [0, 0.1) is 0 Å². The Morgan fingerprint density at radius 3 is 2.56 bits per heavy atom. The molecule has 2 aromatic rings. The Hall–Kier alpha value is -2.50.